The van der Waals surface area contributed by atoms with Crippen LogP contribution in [0.1, 0.15) is 24.2 Å². The van der Waals surface area contributed by atoms with Gasteiger partial charge in [-0.25, -0.2) is 4.79 Å². The molecule has 1 aliphatic heterocycles. The van der Waals surface area contributed by atoms with Gasteiger partial charge in [0, 0.05) is 38.3 Å². The second-order valence-corrected chi connectivity index (χ2v) is 5.52. The van der Waals surface area contributed by atoms with Crippen LogP contribution in [-0.4, -0.2) is 60.0 Å². The lowest BCUT2D eigenvalue weighted by Gasteiger charge is -2.34. The lowest BCUT2D eigenvalue weighted by Crippen LogP contribution is -2.46. The molecule has 1 saturated heterocycles. The largest absolute Gasteiger partial charge is 0.462 e. The third-order valence-electron chi connectivity index (χ3n) is 4.11. The molecule has 0 spiro atoms. The fourth-order valence-corrected chi connectivity index (χ4v) is 2.83. The maximum absolute atomic E-state index is 11.9. The molecule has 0 bridgehead atoms. The number of piperazine rings is 1. The number of nitrogens with zero attached hydrogens (tertiary/aromatic N) is 4. The second kappa shape index (κ2) is 7.88. The van der Waals surface area contributed by atoms with Crippen molar-refractivity contribution in [2.45, 2.75) is 13.8 Å². The molecule has 10 heteroatoms. The summed E-state index contributed by atoms with van der Waals surface area (Å²) in [6.07, 6.45) is 0. The Bertz CT molecular complexity index is 650. The molecule has 1 aromatic rings. The smallest absolute Gasteiger partial charge is 0.338 e. The molecule has 0 saturated carbocycles. The van der Waals surface area contributed by atoms with E-state index >= 15 is 0 Å². The maximum Gasteiger partial charge on any atom is 0.338 e. The summed E-state index contributed by atoms with van der Waals surface area (Å²) in [6, 6.07) is 2.10. The van der Waals surface area contributed by atoms with Crippen LogP contribution in [0.5, 0.6) is 0 Å². The predicted molar refractivity (Wildman–Crippen MR) is 90.0 cm³/mol. The summed E-state index contributed by atoms with van der Waals surface area (Å²) in [7, 11) is 0. The molecule has 0 unspecified atom stereocenters. The van der Waals surface area contributed by atoms with E-state index in [1.54, 1.807) is 11.8 Å². The van der Waals surface area contributed by atoms with Crippen molar-refractivity contribution in [3.05, 3.63) is 37.9 Å². The molecule has 1 aliphatic rings. The van der Waals surface area contributed by atoms with Crippen LogP contribution < -0.4 is 4.90 Å². The number of carbonyl (C=O) groups is 1. The second-order valence-electron chi connectivity index (χ2n) is 5.52. The Hall–Kier alpha value is -2.75. The normalized spacial score (nSPS) is 15.0. The monoisotopic (exact) mass is 352 g/mol. The van der Waals surface area contributed by atoms with Crippen molar-refractivity contribution in [2.24, 2.45) is 0 Å². The van der Waals surface area contributed by atoms with Gasteiger partial charge in [0.25, 0.3) is 0 Å². The summed E-state index contributed by atoms with van der Waals surface area (Å²) in [4.78, 5) is 37.2. The molecular formula is C15H20N4O6. The Labute approximate surface area is 144 Å². The van der Waals surface area contributed by atoms with Crippen molar-refractivity contribution in [3.8, 4) is 0 Å². The lowest BCUT2D eigenvalue weighted by molar-refractivity contribution is -0.392. The summed E-state index contributed by atoms with van der Waals surface area (Å²) >= 11 is 0. The summed E-state index contributed by atoms with van der Waals surface area (Å²) in [5, 5.41) is 23.0. The molecule has 2 rings (SSSR count). The highest BCUT2D eigenvalue weighted by molar-refractivity contribution is 5.94. The zero-order valence-corrected chi connectivity index (χ0v) is 14.1. The van der Waals surface area contributed by atoms with Gasteiger partial charge in [0.1, 0.15) is 0 Å². The number of nitro benzene ring substituents is 2. The SMILES string of the molecule is CCOC(=O)c1cc([N+](=O)[O-])c(N2CCN(CC)CC2)c([N+](=O)[O-])c1. The Kier molecular flexibility index (Phi) is 5.86. The molecule has 0 aliphatic carbocycles. The lowest BCUT2D eigenvalue weighted by atomic mass is 10.1. The number of ether oxygens (including phenoxy) is 1. The van der Waals surface area contributed by atoms with Crippen molar-refractivity contribution in [1.82, 2.24) is 4.90 Å². The Morgan fingerprint density at radius 1 is 1.08 bits per heavy atom. The van der Waals surface area contributed by atoms with E-state index in [-0.39, 0.29) is 17.9 Å². The Balaban J connectivity index is 2.51. The van der Waals surface area contributed by atoms with Crippen LogP contribution in [0.25, 0.3) is 0 Å². The summed E-state index contributed by atoms with van der Waals surface area (Å²) in [5.74, 6) is -0.823. The molecule has 1 fully saturated rings. The van der Waals surface area contributed by atoms with E-state index in [1.807, 2.05) is 6.92 Å². The van der Waals surface area contributed by atoms with Crippen LogP contribution in [0.4, 0.5) is 17.1 Å². The highest BCUT2D eigenvalue weighted by Gasteiger charge is 2.34. The number of esters is 1. The number of anilines is 1. The topological polar surface area (TPSA) is 119 Å². The molecule has 10 nitrogen and oxygen atoms in total. The standard InChI is InChI=1S/C15H20N4O6/c1-3-16-5-7-17(8-6-16)14-12(18(21)22)9-11(15(20)25-4-2)10-13(14)19(23)24/h9-10H,3-8H2,1-2H3. The molecular weight excluding hydrogens is 332 g/mol. The van der Waals surface area contributed by atoms with Crippen LogP contribution in [-0.2, 0) is 4.74 Å². The highest BCUT2D eigenvalue weighted by Crippen LogP contribution is 2.39. The van der Waals surface area contributed by atoms with Gasteiger partial charge in [0.2, 0.25) is 0 Å². The van der Waals surface area contributed by atoms with Crippen LogP contribution in [0, 0.1) is 20.2 Å². The third-order valence-corrected chi connectivity index (χ3v) is 4.11. The first kappa shape index (κ1) is 18.6. The minimum atomic E-state index is -0.823. The van der Waals surface area contributed by atoms with Gasteiger partial charge in [-0.1, -0.05) is 6.92 Å². The van der Waals surface area contributed by atoms with Crippen molar-refractivity contribution < 1.29 is 19.4 Å². The van der Waals surface area contributed by atoms with E-state index in [4.69, 9.17) is 4.74 Å². The summed E-state index contributed by atoms with van der Waals surface area (Å²) < 4.78 is 4.81. The Morgan fingerprint density at radius 2 is 1.60 bits per heavy atom. The summed E-state index contributed by atoms with van der Waals surface area (Å²) in [6.45, 7) is 6.70. The van der Waals surface area contributed by atoms with Gasteiger partial charge in [-0.3, -0.25) is 20.2 Å². The molecule has 0 amide bonds. The maximum atomic E-state index is 11.9. The molecule has 1 aromatic carbocycles. The quantitative estimate of drug-likeness (QED) is 0.432. The van der Waals surface area contributed by atoms with Gasteiger partial charge in [-0.2, -0.15) is 0 Å². The van der Waals surface area contributed by atoms with Gasteiger partial charge in [-0.15, -0.1) is 0 Å². The van der Waals surface area contributed by atoms with Gasteiger partial charge in [0.15, 0.2) is 5.69 Å². The van der Waals surface area contributed by atoms with E-state index in [0.717, 1.165) is 18.7 Å². The van der Waals surface area contributed by atoms with Crippen LogP contribution >= 0.6 is 0 Å². The molecule has 0 atom stereocenters. The zero-order chi connectivity index (χ0) is 18.6. The molecule has 136 valence electrons. The van der Waals surface area contributed by atoms with Gasteiger partial charge >= 0.3 is 17.3 Å². The minimum Gasteiger partial charge on any atom is -0.462 e. The molecule has 0 radical (unpaired) electrons. The zero-order valence-electron chi connectivity index (χ0n) is 14.1. The number of benzene rings is 1. The third kappa shape index (κ3) is 4.02. The molecule has 1 heterocycles. The van der Waals surface area contributed by atoms with E-state index in [0.29, 0.717) is 26.2 Å². The number of nitro groups is 2. The number of rotatable bonds is 6. The van der Waals surface area contributed by atoms with E-state index in [1.165, 1.54) is 0 Å². The fourth-order valence-electron chi connectivity index (χ4n) is 2.83. The van der Waals surface area contributed by atoms with Crippen LogP contribution in [0.15, 0.2) is 12.1 Å². The number of likely N-dealkylation sites (N-methyl/N-ethyl adjacent to an activating group) is 1. The molecule has 0 aromatic heterocycles. The predicted octanol–water partition coefficient (Wildman–Crippen LogP) is 1.82. The van der Waals surface area contributed by atoms with E-state index < -0.39 is 27.2 Å². The van der Waals surface area contributed by atoms with Crippen molar-refractivity contribution in [3.63, 3.8) is 0 Å². The van der Waals surface area contributed by atoms with Crippen molar-refractivity contribution in [1.29, 1.82) is 0 Å². The van der Waals surface area contributed by atoms with Gasteiger partial charge in [-0.05, 0) is 13.5 Å². The molecule has 25 heavy (non-hydrogen) atoms. The van der Waals surface area contributed by atoms with E-state index in [2.05, 4.69) is 4.90 Å². The van der Waals surface area contributed by atoms with Gasteiger partial charge < -0.3 is 14.5 Å². The first-order valence-electron chi connectivity index (χ1n) is 8.00. The van der Waals surface area contributed by atoms with E-state index in [9.17, 15) is 25.0 Å². The van der Waals surface area contributed by atoms with Crippen molar-refractivity contribution in [2.75, 3.05) is 44.2 Å². The molecule has 0 N–H and O–H groups in total. The number of carbonyl (C=O) groups excluding carboxylic acids is 1. The fraction of sp³-hybridized carbons (Fsp3) is 0.533. The number of hydrogen-bond donors (Lipinski definition) is 0. The van der Waals surface area contributed by atoms with Gasteiger partial charge in [0.05, 0.1) is 22.0 Å². The number of hydrogen-bond acceptors (Lipinski definition) is 8. The highest BCUT2D eigenvalue weighted by atomic mass is 16.6. The first-order valence-corrected chi connectivity index (χ1v) is 8.00. The van der Waals surface area contributed by atoms with Crippen molar-refractivity contribution >= 4 is 23.0 Å². The minimum absolute atomic E-state index is 0.0567. The van der Waals surface area contributed by atoms with Crippen LogP contribution in [0.3, 0.4) is 0 Å². The average Bonchev–Trinajstić information content (AvgIpc) is 2.60. The average molecular weight is 352 g/mol. The Morgan fingerprint density at radius 3 is 2.00 bits per heavy atom. The summed E-state index contributed by atoms with van der Waals surface area (Å²) in [5.41, 5.74) is -1.17. The first-order chi connectivity index (χ1) is 11.9. The van der Waals surface area contributed by atoms with Crippen LogP contribution in [0.2, 0.25) is 0 Å².